The Morgan fingerprint density at radius 1 is 1.06 bits per heavy atom. The lowest BCUT2D eigenvalue weighted by Gasteiger charge is -2.59. The third-order valence-electron chi connectivity index (χ3n) is 7.24. The van der Waals surface area contributed by atoms with Gasteiger partial charge in [0.05, 0.1) is 25.2 Å². The van der Waals surface area contributed by atoms with E-state index in [2.05, 4.69) is 11.8 Å². The zero-order chi connectivity index (χ0) is 22.9. The Hall–Kier alpha value is -3.17. The second kappa shape index (κ2) is 8.99. The molecule has 3 atom stereocenters. The van der Waals surface area contributed by atoms with Crippen LogP contribution in [0, 0.1) is 23.6 Å². The van der Waals surface area contributed by atoms with Crippen molar-refractivity contribution in [3.05, 3.63) is 71.0 Å². The highest BCUT2D eigenvalue weighted by atomic mass is 19.1. The predicted molar refractivity (Wildman–Crippen MR) is 122 cm³/mol. The summed E-state index contributed by atoms with van der Waals surface area (Å²) in [5.41, 5.74) is 2.44. The number of carbonyl (C=O) groups excluding carboxylic acids is 2. The van der Waals surface area contributed by atoms with E-state index < -0.39 is 0 Å². The van der Waals surface area contributed by atoms with Crippen LogP contribution in [0.3, 0.4) is 0 Å². The fourth-order valence-electron chi connectivity index (χ4n) is 5.60. The first kappa shape index (κ1) is 21.7. The molecule has 5 rings (SSSR count). The number of piperazine rings is 1. The smallest absolute Gasteiger partial charge is 0.242 e. The number of hydrogen-bond acceptors (Lipinski definition) is 3. The highest BCUT2D eigenvalue weighted by Crippen LogP contribution is 2.43. The van der Waals surface area contributed by atoms with E-state index in [1.807, 2.05) is 24.3 Å². The van der Waals surface area contributed by atoms with Gasteiger partial charge in [-0.1, -0.05) is 42.9 Å². The molecule has 1 N–H and O–H groups in total. The molecule has 3 fully saturated rings. The van der Waals surface area contributed by atoms with Gasteiger partial charge in [0.15, 0.2) is 0 Å². The van der Waals surface area contributed by atoms with Gasteiger partial charge in [-0.05, 0) is 48.7 Å². The summed E-state index contributed by atoms with van der Waals surface area (Å²) >= 11 is 0. The van der Waals surface area contributed by atoms with Crippen molar-refractivity contribution in [1.29, 1.82) is 0 Å². The first-order chi connectivity index (χ1) is 16.0. The molecule has 33 heavy (non-hydrogen) atoms. The maximum absolute atomic E-state index is 13.3. The van der Waals surface area contributed by atoms with E-state index in [0.717, 1.165) is 36.8 Å². The van der Waals surface area contributed by atoms with Crippen LogP contribution in [-0.2, 0) is 9.59 Å². The van der Waals surface area contributed by atoms with Crippen molar-refractivity contribution in [3.63, 3.8) is 0 Å². The quantitative estimate of drug-likeness (QED) is 0.738. The minimum Gasteiger partial charge on any atom is -0.394 e. The molecule has 2 aromatic rings. The zero-order valence-electron chi connectivity index (χ0n) is 18.4. The normalized spacial score (nSPS) is 24.7. The van der Waals surface area contributed by atoms with Crippen molar-refractivity contribution in [2.75, 3.05) is 19.7 Å². The molecule has 2 saturated heterocycles. The van der Waals surface area contributed by atoms with Gasteiger partial charge in [0.2, 0.25) is 11.8 Å². The molecule has 0 spiro atoms. The highest BCUT2D eigenvalue weighted by molar-refractivity contribution is 5.88. The standard InChI is InChI=1S/C27H27FN2O3/c28-22-7-3-4-19(14-22)9-8-18-10-12-20(13-11-18)26-23-15-29(27(33)21-5-1-2-6-21)16-25(32)30(23)24(26)17-31/h3-4,7,10-14,21,23-24,26,31H,1-2,5-6,15-17H2/t23-,24-,26-/m0/s1. The number of aliphatic hydroxyl groups is 1. The third-order valence-corrected chi connectivity index (χ3v) is 7.24. The minimum atomic E-state index is -0.316. The summed E-state index contributed by atoms with van der Waals surface area (Å²) in [7, 11) is 0. The van der Waals surface area contributed by atoms with Crippen molar-refractivity contribution >= 4 is 11.8 Å². The molecule has 1 aliphatic carbocycles. The third kappa shape index (κ3) is 4.14. The first-order valence-electron chi connectivity index (χ1n) is 11.6. The number of rotatable bonds is 3. The number of benzene rings is 2. The fraction of sp³-hybridized carbons (Fsp3) is 0.407. The van der Waals surface area contributed by atoms with Gasteiger partial charge < -0.3 is 14.9 Å². The molecule has 2 aliphatic heterocycles. The Kier molecular flexibility index (Phi) is 5.90. The molecule has 0 radical (unpaired) electrons. The van der Waals surface area contributed by atoms with Gasteiger partial charge in [-0.3, -0.25) is 9.59 Å². The van der Waals surface area contributed by atoms with Crippen LogP contribution in [0.5, 0.6) is 0 Å². The number of aliphatic hydroxyl groups excluding tert-OH is 1. The van der Waals surface area contributed by atoms with Gasteiger partial charge in [0.25, 0.3) is 0 Å². The van der Waals surface area contributed by atoms with E-state index in [9.17, 15) is 19.1 Å². The lowest BCUT2D eigenvalue weighted by Crippen LogP contribution is -2.73. The molecule has 6 heteroatoms. The van der Waals surface area contributed by atoms with Crippen molar-refractivity contribution in [1.82, 2.24) is 9.80 Å². The molecule has 2 heterocycles. The van der Waals surface area contributed by atoms with E-state index in [4.69, 9.17) is 0 Å². The Morgan fingerprint density at radius 2 is 1.79 bits per heavy atom. The monoisotopic (exact) mass is 446 g/mol. The Bertz CT molecular complexity index is 1110. The topological polar surface area (TPSA) is 60.9 Å². The van der Waals surface area contributed by atoms with E-state index in [-0.39, 0.29) is 54.7 Å². The van der Waals surface area contributed by atoms with Gasteiger partial charge in [-0.25, -0.2) is 4.39 Å². The van der Waals surface area contributed by atoms with Gasteiger partial charge in [0, 0.05) is 29.5 Å². The molecule has 0 bridgehead atoms. The summed E-state index contributed by atoms with van der Waals surface area (Å²) < 4.78 is 13.3. The predicted octanol–water partition coefficient (Wildman–Crippen LogP) is 2.91. The lowest BCUT2D eigenvalue weighted by molar-refractivity contribution is -0.168. The number of fused-ring (bicyclic) bond motifs is 1. The Morgan fingerprint density at radius 3 is 2.48 bits per heavy atom. The number of carbonyl (C=O) groups is 2. The summed E-state index contributed by atoms with van der Waals surface area (Å²) in [6, 6.07) is 13.6. The maximum Gasteiger partial charge on any atom is 0.242 e. The van der Waals surface area contributed by atoms with E-state index >= 15 is 0 Å². The summed E-state index contributed by atoms with van der Waals surface area (Å²) in [5, 5.41) is 9.98. The van der Waals surface area contributed by atoms with Crippen LogP contribution < -0.4 is 0 Å². The molecular weight excluding hydrogens is 419 g/mol. The summed E-state index contributed by atoms with van der Waals surface area (Å²) in [6.45, 7) is 0.525. The molecule has 2 aromatic carbocycles. The van der Waals surface area contributed by atoms with Crippen LogP contribution in [0.1, 0.15) is 48.3 Å². The van der Waals surface area contributed by atoms with Crippen LogP contribution >= 0.6 is 0 Å². The second-order valence-electron chi connectivity index (χ2n) is 9.23. The summed E-state index contributed by atoms with van der Waals surface area (Å²) in [4.78, 5) is 29.2. The molecule has 3 aliphatic rings. The highest BCUT2D eigenvalue weighted by Gasteiger charge is 2.54. The van der Waals surface area contributed by atoms with Gasteiger partial charge in [-0.2, -0.15) is 0 Å². The number of amides is 2. The Balaban J connectivity index is 1.32. The number of nitrogens with zero attached hydrogens (tertiary/aromatic N) is 2. The fourth-order valence-corrected chi connectivity index (χ4v) is 5.60. The lowest BCUT2D eigenvalue weighted by atomic mass is 9.73. The van der Waals surface area contributed by atoms with E-state index in [0.29, 0.717) is 12.1 Å². The SMILES string of the molecule is O=C(C1CCCC1)N1CC(=O)N2[C@@H](CO)[C@@H](c3ccc(C#Cc4cccc(F)c4)cc3)[C@@H]2C1. The van der Waals surface area contributed by atoms with Crippen molar-refractivity contribution in [2.24, 2.45) is 5.92 Å². The molecular formula is C27H27FN2O3. The van der Waals surface area contributed by atoms with Gasteiger partial charge >= 0.3 is 0 Å². The van der Waals surface area contributed by atoms with Gasteiger partial charge in [-0.15, -0.1) is 0 Å². The van der Waals surface area contributed by atoms with E-state index in [1.165, 1.54) is 12.1 Å². The summed E-state index contributed by atoms with van der Waals surface area (Å²) in [5.74, 6) is 5.75. The Labute approximate surface area is 193 Å². The van der Waals surface area contributed by atoms with Crippen molar-refractivity contribution in [3.8, 4) is 11.8 Å². The van der Waals surface area contributed by atoms with Crippen LogP contribution in [0.2, 0.25) is 0 Å². The number of hydrogen-bond donors (Lipinski definition) is 1. The molecule has 5 nitrogen and oxygen atoms in total. The second-order valence-corrected chi connectivity index (χ2v) is 9.23. The van der Waals surface area contributed by atoms with Crippen LogP contribution in [0.15, 0.2) is 48.5 Å². The molecule has 170 valence electrons. The van der Waals surface area contributed by atoms with E-state index in [1.54, 1.807) is 21.9 Å². The molecule has 1 saturated carbocycles. The largest absolute Gasteiger partial charge is 0.394 e. The van der Waals surface area contributed by atoms with Crippen molar-refractivity contribution < 1.29 is 19.1 Å². The molecule has 0 aromatic heterocycles. The van der Waals surface area contributed by atoms with Crippen molar-refractivity contribution in [2.45, 2.75) is 43.7 Å². The number of halogens is 1. The van der Waals surface area contributed by atoms with Crippen LogP contribution in [0.25, 0.3) is 0 Å². The molecule has 0 unspecified atom stereocenters. The van der Waals surface area contributed by atoms with Crippen LogP contribution in [0.4, 0.5) is 4.39 Å². The van der Waals surface area contributed by atoms with Gasteiger partial charge in [0.1, 0.15) is 5.82 Å². The summed E-state index contributed by atoms with van der Waals surface area (Å²) in [6.07, 6.45) is 3.99. The van der Waals surface area contributed by atoms with Crippen LogP contribution in [-0.4, -0.2) is 58.5 Å². The molecule has 2 amide bonds. The average molecular weight is 447 g/mol. The maximum atomic E-state index is 13.3. The first-order valence-corrected chi connectivity index (χ1v) is 11.6. The average Bonchev–Trinajstić information content (AvgIpc) is 3.34. The minimum absolute atomic E-state index is 0.0247. The zero-order valence-corrected chi connectivity index (χ0v) is 18.4.